The third kappa shape index (κ3) is 6.56. The molecular weight excluding hydrogens is 547 g/mol. The molecular formula is C36H45Cl2OSi. The Morgan fingerprint density at radius 2 is 1.52 bits per heavy atom. The summed E-state index contributed by atoms with van der Waals surface area (Å²) in [4.78, 5) is 0. The van der Waals surface area contributed by atoms with Crippen LogP contribution in [0.1, 0.15) is 94.0 Å². The number of ether oxygens (including phenoxy) is 1. The van der Waals surface area contributed by atoms with E-state index in [2.05, 4.69) is 70.7 Å². The first kappa shape index (κ1) is 30.9. The number of benzene rings is 3. The van der Waals surface area contributed by atoms with Crippen LogP contribution in [0.2, 0.25) is 22.1 Å². The van der Waals surface area contributed by atoms with Crippen LogP contribution in [0, 0.1) is 0 Å². The van der Waals surface area contributed by atoms with Gasteiger partial charge in [0.05, 0.1) is 8.80 Å². The second-order valence-electron chi connectivity index (χ2n) is 11.1. The largest absolute Gasteiger partial charge is 0.489 e. The van der Waals surface area contributed by atoms with Crippen molar-refractivity contribution in [2.45, 2.75) is 96.7 Å². The van der Waals surface area contributed by atoms with Crippen LogP contribution in [0.15, 0.2) is 55.1 Å². The van der Waals surface area contributed by atoms with E-state index in [4.69, 9.17) is 27.9 Å². The van der Waals surface area contributed by atoms with Crippen LogP contribution in [0.3, 0.4) is 0 Å². The molecule has 1 atom stereocenters. The topological polar surface area (TPSA) is 9.23 Å². The van der Waals surface area contributed by atoms with Gasteiger partial charge in [0.2, 0.25) is 0 Å². The molecule has 0 heterocycles. The molecule has 1 unspecified atom stereocenters. The summed E-state index contributed by atoms with van der Waals surface area (Å²) < 4.78 is 6.55. The number of hydrogen-bond donors (Lipinski definition) is 0. The molecule has 0 saturated carbocycles. The molecule has 0 saturated heterocycles. The molecule has 213 valence electrons. The predicted molar refractivity (Wildman–Crippen MR) is 178 cm³/mol. The normalized spacial score (nSPS) is 13.9. The minimum absolute atomic E-state index is 0.344. The summed E-state index contributed by atoms with van der Waals surface area (Å²) in [6.45, 7) is 13.7. The van der Waals surface area contributed by atoms with Gasteiger partial charge in [0.1, 0.15) is 12.4 Å². The molecule has 0 bridgehead atoms. The van der Waals surface area contributed by atoms with E-state index in [1.807, 2.05) is 12.1 Å². The summed E-state index contributed by atoms with van der Waals surface area (Å²) in [5.41, 5.74) is 10.7. The van der Waals surface area contributed by atoms with Crippen molar-refractivity contribution in [2.75, 3.05) is 6.61 Å². The maximum absolute atomic E-state index is 7.25. The van der Waals surface area contributed by atoms with Crippen LogP contribution in [0.4, 0.5) is 0 Å². The minimum atomic E-state index is -0.745. The van der Waals surface area contributed by atoms with Gasteiger partial charge in [-0.2, -0.15) is 0 Å². The zero-order valence-electron chi connectivity index (χ0n) is 24.8. The summed E-state index contributed by atoms with van der Waals surface area (Å²) in [6.07, 6.45) is 11.2. The minimum Gasteiger partial charge on any atom is -0.489 e. The second kappa shape index (κ2) is 14.8. The first-order valence-electron chi connectivity index (χ1n) is 15.3. The number of aryl methyl sites for hydroxylation is 2. The Morgan fingerprint density at radius 1 is 0.825 bits per heavy atom. The lowest BCUT2D eigenvalue weighted by Gasteiger charge is -2.26. The van der Waals surface area contributed by atoms with E-state index in [0.29, 0.717) is 12.1 Å². The first-order valence-corrected chi connectivity index (χ1v) is 18.1. The first-order chi connectivity index (χ1) is 19.5. The Bertz CT molecular complexity index is 1310. The van der Waals surface area contributed by atoms with E-state index in [-0.39, 0.29) is 0 Å². The lowest BCUT2D eigenvalue weighted by Crippen LogP contribution is -2.22. The highest BCUT2D eigenvalue weighted by Crippen LogP contribution is 2.54. The van der Waals surface area contributed by atoms with Gasteiger partial charge in [-0.05, 0) is 83.3 Å². The van der Waals surface area contributed by atoms with Crippen LogP contribution in [-0.2, 0) is 12.8 Å². The lowest BCUT2D eigenvalue weighted by molar-refractivity contribution is 0.360. The molecule has 4 heteroatoms. The van der Waals surface area contributed by atoms with Crippen molar-refractivity contribution in [3.63, 3.8) is 0 Å². The molecule has 40 heavy (non-hydrogen) atoms. The summed E-state index contributed by atoms with van der Waals surface area (Å²) in [6, 6.07) is 18.0. The number of hydrogen-bond acceptors (Lipinski definition) is 1. The van der Waals surface area contributed by atoms with Crippen LogP contribution in [0.5, 0.6) is 5.75 Å². The molecule has 0 aliphatic heterocycles. The molecule has 0 aromatic heterocycles. The van der Waals surface area contributed by atoms with E-state index in [1.54, 1.807) is 0 Å². The lowest BCUT2D eigenvalue weighted by atomic mass is 9.89. The van der Waals surface area contributed by atoms with Crippen LogP contribution in [-0.4, -0.2) is 15.4 Å². The molecule has 0 spiro atoms. The van der Waals surface area contributed by atoms with Crippen molar-refractivity contribution in [1.29, 1.82) is 0 Å². The SMILES string of the molecule is C=CCOc1c(CCCCC)cc(CCCCC)cc1-c1c(Cl)ccc2c1C([Si](CC)CC)c1cc(Cl)ccc1-2. The van der Waals surface area contributed by atoms with Gasteiger partial charge in [-0.15, -0.1) is 0 Å². The van der Waals surface area contributed by atoms with Gasteiger partial charge in [-0.1, -0.05) is 120 Å². The number of fused-ring (bicyclic) bond motifs is 3. The predicted octanol–water partition coefficient (Wildman–Crippen LogP) is 11.9. The molecule has 1 aliphatic rings. The maximum atomic E-state index is 7.25. The van der Waals surface area contributed by atoms with Gasteiger partial charge in [-0.25, -0.2) is 0 Å². The molecule has 1 radical (unpaired) electrons. The van der Waals surface area contributed by atoms with Gasteiger partial charge in [0, 0.05) is 26.7 Å². The summed E-state index contributed by atoms with van der Waals surface area (Å²) >= 11 is 13.9. The highest BCUT2D eigenvalue weighted by atomic mass is 35.5. The van der Waals surface area contributed by atoms with Crippen molar-refractivity contribution >= 4 is 32.0 Å². The summed E-state index contributed by atoms with van der Waals surface area (Å²) in [5.74, 6) is 0.986. The van der Waals surface area contributed by atoms with Crippen molar-refractivity contribution in [1.82, 2.24) is 0 Å². The average Bonchev–Trinajstić information content (AvgIpc) is 3.26. The third-order valence-corrected chi connectivity index (χ3v) is 12.2. The fourth-order valence-corrected chi connectivity index (χ4v) is 9.54. The zero-order chi connectivity index (χ0) is 28.6. The number of halogens is 2. The Morgan fingerprint density at radius 3 is 2.20 bits per heavy atom. The fourth-order valence-electron chi connectivity index (χ4n) is 6.38. The number of unbranched alkanes of at least 4 members (excludes halogenated alkanes) is 4. The van der Waals surface area contributed by atoms with Gasteiger partial charge in [0.25, 0.3) is 0 Å². The maximum Gasteiger partial charge on any atom is 0.130 e. The van der Waals surface area contributed by atoms with Crippen LogP contribution < -0.4 is 4.74 Å². The zero-order valence-corrected chi connectivity index (χ0v) is 27.4. The molecule has 0 amide bonds. The smallest absolute Gasteiger partial charge is 0.130 e. The summed E-state index contributed by atoms with van der Waals surface area (Å²) in [7, 11) is -0.745. The molecule has 1 aliphatic carbocycles. The second-order valence-corrected chi connectivity index (χ2v) is 15.2. The van der Waals surface area contributed by atoms with Crippen molar-refractivity contribution in [3.8, 4) is 28.0 Å². The van der Waals surface area contributed by atoms with Crippen LogP contribution in [0.25, 0.3) is 22.3 Å². The highest BCUT2D eigenvalue weighted by Gasteiger charge is 2.37. The molecule has 3 aromatic rings. The van der Waals surface area contributed by atoms with Gasteiger partial charge >= 0.3 is 0 Å². The van der Waals surface area contributed by atoms with Crippen molar-refractivity contribution in [3.05, 3.63) is 87.4 Å². The highest BCUT2D eigenvalue weighted by molar-refractivity contribution is 6.62. The monoisotopic (exact) mass is 591 g/mol. The van der Waals surface area contributed by atoms with Gasteiger partial charge < -0.3 is 4.74 Å². The van der Waals surface area contributed by atoms with Crippen LogP contribution >= 0.6 is 23.2 Å². The quantitative estimate of drug-likeness (QED) is 0.0969. The molecule has 4 rings (SSSR count). The standard InChI is InChI=1S/C36H45Cl2OSi/c1-6-11-13-15-25-22-26(16-14-12-7-2)35(39-21-8-3)31(23-25)33-32(38)20-19-29-28-18-17-27(37)24-30(28)36(34(29)33)40(9-4)10-5/h8,17-20,22-24,36H,3,6-7,9-16,21H2,1-2,4-5H3. The van der Waals surface area contributed by atoms with E-state index < -0.39 is 8.80 Å². The van der Waals surface area contributed by atoms with Crippen molar-refractivity contribution in [2.24, 2.45) is 0 Å². The third-order valence-electron chi connectivity index (χ3n) is 8.37. The molecule has 0 N–H and O–H groups in total. The van der Waals surface area contributed by atoms with E-state index in [0.717, 1.165) is 46.2 Å². The molecule has 0 fully saturated rings. The Kier molecular flexibility index (Phi) is 11.4. The van der Waals surface area contributed by atoms with Crippen molar-refractivity contribution < 1.29 is 4.74 Å². The van der Waals surface area contributed by atoms with Gasteiger partial charge in [0.15, 0.2) is 0 Å². The van der Waals surface area contributed by atoms with E-state index in [1.165, 1.54) is 77.6 Å². The summed E-state index contributed by atoms with van der Waals surface area (Å²) in [5, 5.41) is 1.62. The molecule has 3 aromatic carbocycles. The Hall–Kier alpha value is -2.00. The van der Waals surface area contributed by atoms with Gasteiger partial charge in [-0.3, -0.25) is 0 Å². The Labute approximate surface area is 254 Å². The van der Waals surface area contributed by atoms with E-state index >= 15 is 0 Å². The fraction of sp³-hybridized carbons (Fsp3) is 0.444. The van der Waals surface area contributed by atoms with E-state index in [9.17, 15) is 0 Å². The molecule has 1 nitrogen and oxygen atoms in total. The average molecular weight is 593 g/mol. The Balaban J connectivity index is 2.00. The number of rotatable bonds is 15.